The van der Waals surface area contributed by atoms with E-state index in [2.05, 4.69) is 19.9 Å². The molecule has 2 aliphatic rings. The van der Waals surface area contributed by atoms with E-state index >= 15 is 0 Å². The van der Waals surface area contributed by atoms with Gasteiger partial charge < -0.3 is 4.74 Å². The van der Waals surface area contributed by atoms with Gasteiger partial charge in [-0.25, -0.2) is 0 Å². The largest absolute Gasteiger partial charge is 0.462 e. The second-order valence-corrected chi connectivity index (χ2v) is 6.27. The number of ether oxygens (including phenoxy) is 1. The van der Waals surface area contributed by atoms with Crippen molar-refractivity contribution in [2.75, 3.05) is 0 Å². The molecule has 0 bridgehead atoms. The maximum Gasteiger partial charge on any atom is 0.302 e. The first-order chi connectivity index (χ1) is 8.87. The van der Waals surface area contributed by atoms with Crippen molar-refractivity contribution in [1.82, 2.24) is 0 Å². The van der Waals surface area contributed by atoms with Crippen LogP contribution in [0.4, 0.5) is 0 Å². The lowest BCUT2D eigenvalue weighted by molar-refractivity contribution is -0.158. The number of ketones is 1. The highest BCUT2D eigenvalue weighted by Crippen LogP contribution is 2.54. The minimum atomic E-state index is -0.282. The molecule has 3 heteroatoms. The van der Waals surface area contributed by atoms with Crippen molar-refractivity contribution >= 4 is 11.8 Å². The number of hydrogen-bond donors (Lipinski definition) is 0. The zero-order chi connectivity index (χ0) is 14.2. The second-order valence-electron chi connectivity index (χ2n) is 6.27. The summed E-state index contributed by atoms with van der Waals surface area (Å²) in [6.07, 6.45) is 5.99. The smallest absolute Gasteiger partial charge is 0.302 e. The lowest BCUT2D eigenvalue weighted by Crippen LogP contribution is -2.51. The van der Waals surface area contributed by atoms with E-state index in [1.165, 1.54) is 12.5 Å². The van der Waals surface area contributed by atoms with Crippen LogP contribution in [0, 0.1) is 17.3 Å². The molecule has 3 nitrogen and oxygen atoms in total. The molecule has 1 fully saturated rings. The van der Waals surface area contributed by atoms with Crippen molar-refractivity contribution < 1.29 is 14.3 Å². The van der Waals surface area contributed by atoms with Crippen LogP contribution in [-0.4, -0.2) is 17.9 Å². The molecule has 0 radical (unpaired) electrons. The van der Waals surface area contributed by atoms with E-state index in [1.54, 1.807) is 6.92 Å². The number of hydrogen-bond acceptors (Lipinski definition) is 3. The molecular formula is C16H24O3. The van der Waals surface area contributed by atoms with Crippen molar-refractivity contribution in [1.29, 1.82) is 0 Å². The van der Waals surface area contributed by atoms with Gasteiger partial charge in [-0.2, -0.15) is 0 Å². The third-order valence-electron chi connectivity index (χ3n) is 5.18. The molecule has 0 aliphatic heterocycles. The van der Waals surface area contributed by atoms with E-state index in [0.29, 0.717) is 5.92 Å². The average Bonchev–Trinajstić information content (AvgIpc) is 2.29. The van der Waals surface area contributed by atoms with Gasteiger partial charge in [-0.3, -0.25) is 9.59 Å². The number of carbonyl (C=O) groups is 2. The Labute approximate surface area is 115 Å². The first-order valence-electron chi connectivity index (χ1n) is 7.24. The van der Waals surface area contributed by atoms with E-state index in [4.69, 9.17) is 4.74 Å². The third-order valence-corrected chi connectivity index (χ3v) is 5.18. The van der Waals surface area contributed by atoms with Gasteiger partial charge in [0.2, 0.25) is 0 Å². The van der Waals surface area contributed by atoms with Crippen LogP contribution in [-0.2, 0) is 14.3 Å². The maximum absolute atomic E-state index is 12.2. The molecule has 106 valence electrons. The van der Waals surface area contributed by atoms with Gasteiger partial charge in [0.25, 0.3) is 0 Å². The predicted molar refractivity (Wildman–Crippen MR) is 73.5 cm³/mol. The summed E-state index contributed by atoms with van der Waals surface area (Å²) in [7, 11) is 0. The van der Waals surface area contributed by atoms with Gasteiger partial charge in [-0.05, 0) is 38.5 Å². The Morgan fingerprint density at radius 1 is 1.32 bits per heavy atom. The monoisotopic (exact) mass is 264 g/mol. The fraction of sp³-hybridized carbons (Fsp3) is 0.750. The summed E-state index contributed by atoms with van der Waals surface area (Å²) in [5, 5.41) is 0. The molecule has 0 spiro atoms. The molecule has 0 aromatic heterocycles. The molecule has 0 amide bonds. The van der Waals surface area contributed by atoms with Gasteiger partial charge >= 0.3 is 5.97 Å². The topological polar surface area (TPSA) is 43.4 Å². The van der Waals surface area contributed by atoms with E-state index in [0.717, 1.165) is 25.7 Å². The molecule has 0 saturated heterocycles. The first-order valence-corrected chi connectivity index (χ1v) is 7.24. The van der Waals surface area contributed by atoms with Crippen LogP contribution in [0.2, 0.25) is 0 Å². The second kappa shape index (κ2) is 5.10. The summed E-state index contributed by atoms with van der Waals surface area (Å²) in [5.41, 5.74) is 1.26. The van der Waals surface area contributed by atoms with Crippen molar-refractivity contribution in [3.05, 3.63) is 11.6 Å². The van der Waals surface area contributed by atoms with Gasteiger partial charge in [-0.15, -0.1) is 0 Å². The number of rotatable bonds is 2. The van der Waals surface area contributed by atoms with Crippen molar-refractivity contribution in [3.63, 3.8) is 0 Å². The first kappa shape index (κ1) is 14.3. The van der Waals surface area contributed by atoms with Crippen molar-refractivity contribution in [2.24, 2.45) is 17.3 Å². The van der Waals surface area contributed by atoms with E-state index in [1.807, 2.05) is 0 Å². The number of carbonyl (C=O) groups excluding carboxylic acids is 2. The summed E-state index contributed by atoms with van der Waals surface area (Å²) in [6.45, 7) is 7.47. The maximum atomic E-state index is 12.2. The zero-order valence-corrected chi connectivity index (χ0v) is 12.4. The molecule has 0 N–H and O–H groups in total. The van der Waals surface area contributed by atoms with Gasteiger partial charge in [0.05, 0.1) is 5.92 Å². The van der Waals surface area contributed by atoms with Crippen LogP contribution in [0.15, 0.2) is 11.6 Å². The molecule has 4 atom stereocenters. The lowest BCUT2D eigenvalue weighted by atomic mass is 9.54. The minimum absolute atomic E-state index is 0.136. The van der Waals surface area contributed by atoms with Gasteiger partial charge in [0.1, 0.15) is 11.9 Å². The molecule has 0 heterocycles. The third kappa shape index (κ3) is 2.35. The molecule has 0 aromatic carbocycles. The standard InChI is InChI=1S/C16H24O3/c1-10-6-5-7-13-8-9-14(19-12(3)18)15(11(2)17)16(10,13)4/h7,10,14-15H,5-6,8-9H2,1-4H3/t10-,14-,15-,16+/m0/s1. The Balaban J connectivity index is 2.39. The fourth-order valence-electron chi connectivity index (χ4n) is 4.10. The van der Waals surface area contributed by atoms with Crippen LogP contribution in [0.3, 0.4) is 0 Å². The Morgan fingerprint density at radius 3 is 2.58 bits per heavy atom. The Morgan fingerprint density at radius 2 is 2.00 bits per heavy atom. The molecule has 0 unspecified atom stereocenters. The van der Waals surface area contributed by atoms with Crippen LogP contribution >= 0.6 is 0 Å². The van der Waals surface area contributed by atoms with Crippen LogP contribution in [0.5, 0.6) is 0 Å². The summed E-state index contributed by atoms with van der Waals surface area (Å²) in [6, 6.07) is 0. The Bertz CT molecular complexity index is 424. The highest BCUT2D eigenvalue weighted by Gasteiger charge is 2.52. The lowest BCUT2D eigenvalue weighted by Gasteiger charge is -2.51. The van der Waals surface area contributed by atoms with Crippen molar-refractivity contribution in [3.8, 4) is 0 Å². The van der Waals surface area contributed by atoms with E-state index < -0.39 is 0 Å². The normalized spacial score (nSPS) is 38.1. The predicted octanol–water partition coefficient (Wildman–Crippen LogP) is 3.28. The van der Waals surface area contributed by atoms with E-state index in [-0.39, 0.29) is 29.2 Å². The van der Waals surface area contributed by atoms with E-state index in [9.17, 15) is 9.59 Å². The summed E-state index contributed by atoms with van der Waals surface area (Å²) in [4.78, 5) is 23.5. The summed E-state index contributed by atoms with van der Waals surface area (Å²) >= 11 is 0. The molecule has 19 heavy (non-hydrogen) atoms. The summed E-state index contributed by atoms with van der Waals surface area (Å²) in [5.74, 6) is 0.135. The van der Waals surface area contributed by atoms with Gasteiger partial charge in [-0.1, -0.05) is 25.5 Å². The summed E-state index contributed by atoms with van der Waals surface area (Å²) < 4.78 is 5.44. The highest BCUT2D eigenvalue weighted by atomic mass is 16.5. The zero-order valence-electron chi connectivity index (χ0n) is 12.4. The average molecular weight is 264 g/mol. The Hall–Kier alpha value is -1.12. The molecule has 2 rings (SSSR count). The van der Waals surface area contributed by atoms with Crippen molar-refractivity contribution in [2.45, 2.75) is 59.5 Å². The molecule has 0 aromatic rings. The number of fused-ring (bicyclic) bond motifs is 1. The number of Topliss-reactive ketones (excluding diaryl/α,β-unsaturated/α-hetero) is 1. The fourth-order valence-corrected chi connectivity index (χ4v) is 4.10. The molecular weight excluding hydrogens is 240 g/mol. The van der Waals surface area contributed by atoms with Crippen LogP contribution in [0.25, 0.3) is 0 Å². The van der Waals surface area contributed by atoms with Gasteiger partial charge in [0.15, 0.2) is 0 Å². The molecule has 2 aliphatic carbocycles. The number of allylic oxidation sites excluding steroid dienone is 2. The van der Waals surface area contributed by atoms with Crippen LogP contribution in [0.1, 0.15) is 53.4 Å². The quantitative estimate of drug-likeness (QED) is 0.568. The van der Waals surface area contributed by atoms with Gasteiger partial charge in [0, 0.05) is 12.3 Å². The SMILES string of the molecule is CC(=O)O[C@H]1CCC2=CCC[C@H](C)[C@@]2(C)[C@H]1C(C)=O. The molecule has 1 saturated carbocycles. The Kier molecular flexibility index (Phi) is 3.84. The number of esters is 1. The minimum Gasteiger partial charge on any atom is -0.462 e. The van der Waals surface area contributed by atoms with Crippen LogP contribution < -0.4 is 0 Å². The highest BCUT2D eigenvalue weighted by molar-refractivity contribution is 5.81.